The molecule has 6 nitrogen and oxygen atoms in total. The molecule has 8 heteroatoms. The minimum absolute atomic E-state index is 0. The molecular weight excluding hydrogens is 645 g/mol. The molecule has 4 rings (SSSR count). The first-order valence-electron chi connectivity index (χ1n) is 10.2. The summed E-state index contributed by atoms with van der Waals surface area (Å²) >= 11 is 0. The molecule has 0 saturated heterocycles. The number of para-hydroxylation sites is 1. The van der Waals surface area contributed by atoms with Crippen LogP contribution in [0.2, 0.25) is 0 Å². The Morgan fingerprint density at radius 1 is 1.03 bits per heavy atom. The van der Waals surface area contributed by atoms with Crippen molar-refractivity contribution in [2.45, 2.75) is 33.9 Å². The molecule has 0 unspecified atom stereocenters. The molecule has 1 aromatic heterocycles. The molecule has 2 N–H and O–H groups in total. The number of halogens is 1. The summed E-state index contributed by atoms with van der Waals surface area (Å²) in [7, 11) is 0. The number of anilines is 3. The van der Waals surface area contributed by atoms with Crippen LogP contribution in [0.4, 0.5) is 21.6 Å². The van der Waals surface area contributed by atoms with Crippen LogP contribution in [-0.2, 0) is 17.9 Å². The SMILES string of the molecule is C[C-](C)C.O=[C-]Nc1cc(Nc2ccccc2F)nc(C(=O)N2Cc3ccccc3C2)c1.[U+2]. The summed E-state index contributed by atoms with van der Waals surface area (Å²) in [6.07, 6.45) is 1.58. The summed E-state index contributed by atoms with van der Waals surface area (Å²) in [5.74, 6) is 0.931. The second-order valence-corrected chi connectivity index (χ2v) is 7.89. The molecule has 2 aromatic carbocycles. The zero-order valence-corrected chi connectivity index (χ0v) is 22.9. The van der Waals surface area contributed by atoms with Gasteiger partial charge in [-0.3, -0.25) is 4.79 Å². The van der Waals surface area contributed by atoms with Gasteiger partial charge in [-0.05, 0) is 23.3 Å². The molecule has 3 aromatic rings. The molecule has 0 radical (unpaired) electrons. The van der Waals surface area contributed by atoms with E-state index in [4.69, 9.17) is 0 Å². The molecule has 0 saturated carbocycles. The summed E-state index contributed by atoms with van der Waals surface area (Å²) in [5.41, 5.74) is 2.89. The fourth-order valence-electron chi connectivity index (χ4n) is 3.17. The van der Waals surface area contributed by atoms with Gasteiger partial charge in [-0.25, -0.2) is 9.37 Å². The van der Waals surface area contributed by atoms with E-state index >= 15 is 0 Å². The number of nitrogens with one attached hydrogen (secondary N) is 2. The number of hydrogen-bond donors (Lipinski definition) is 2. The van der Waals surface area contributed by atoms with Crippen molar-refractivity contribution in [3.05, 3.63) is 89.2 Å². The van der Waals surface area contributed by atoms with Crippen molar-refractivity contribution in [1.82, 2.24) is 9.88 Å². The minimum Gasteiger partial charge on any atom is -0.490 e. The maximum absolute atomic E-state index is 13.9. The largest absolute Gasteiger partial charge is 2.00 e. The third-order valence-corrected chi connectivity index (χ3v) is 4.50. The summed E-state index contributed by atoms with van der Waals surface area (Å²) < 4.78 is 13.9. The van der Waals surface area contributed by atoms with Gasteiger partial charge < -0.3 is 26.2 Å². The number of aromatic nitrogens is 1. The smallest absolute Gasteiger partial charge is 0.490 e. The normalized spacial score (nSPS) is 11.6. The Morgan fingerprint density at radius 3 is 2.18 bits per heavy atom. The molecule has 2 heterocycles. The molecule has 0 spiro atoms. The third kappa shape index (κ3) is 7.41. The van der Waals surface area contributed by atoms with E-state index in [2.05, 4.69) is 36.4 Å². The van der Waals surface area contributed by atoms with Crippen LogP contribution in [0, 0.1) is 42.8 Å². The van der Waals surface area contributed by atoms with E-state index in [0.717, 1.165) is 11.1 Å². The number of carbonyl (C=O) groups is 1. The van der Waals surface area contributed by atoms with E-state index in [9.17, 15) is 14.0 Å². The van der Waals surface area contributed by atoms with Crippen LogP contribution in [0.15, 0.2) is 60.7 Å². The molecule has 0 aliphatic carbocycles. The Kier molecular flexibility index (Phi) is 10.1. The van der Waals surface area contributed by atoms with E-state index in [1.807, 2.05) is 24.3 Å². The van der Waals surface area contributed by atoms with Crippen LogP contribution in [0.3, 0.4) is 0 Å². The topological polar surface area (TPSA) is 74.3 Å². The minimum atomic E-state index is -0.451. The molecule has 168 valence electrons. The quantitative estimate of drug-likeness (QED) is 0.289. The Balaban J connectivity index is 0.000000714. The first-order valence-corrected chi connectivity index (χ1v) is 10.2. The fraction of sp³-hybridized carbons (Fsp3) is 0.200. The first-order chi connectivity index (χ1) is 15.4. The summed E-state index contributed by atoms with van der Waals surface area (Å²) in [6.45, 7) is 7.23. The van der Waals surface area contributed by atoms with E-state index in [1.54, 1.807) is 29.5 Å². The predicted molar refractivity (Wildman–Crippen MR) is 124 cm³/mol. The monoisotopic (exact) mass is 670 g/mol. The summed E-state index contributed by atoms with van der Waals surface area (Å²) in [5, 5.41) is 5.25. The van der Waals surface area contributed by atoms with Crippen molar-refractivity contribution in [2.24, 2.45) is 0 Å². The summed E-state index contributed by atoms with van der Waals surface area (Å²) in [6, 6.07) is 17.0. The average Bonchev–Trinajstić information content (AvgIpc) is 3.19. The number of rotatable bonds is 5. The second-order valence-electron chi connectivity index (χ2n) is 7.89. The van der Waals surface area contributed by atoms with Crippen LogP contribution >= 0.6 is 0 Å². The molecular formula is C25H25FN4O2U. The third-order valence-electron chi connectivity index (χ3n) is 4.50. The Morgan fingerprint density at radius 2 is 1.61 bits per heavy atom. The van der Waals surface area contributed by atoms with Gasteiger partial charge in [-0.2, -0.15) is 20.8 Å². The van der Waals surface area contributed by atoms with Crippen LogP contribution in [0.25, 0.3) is 0 Å². The van der Waals surface area contributed by atoms with Crippen LogP contribution in [0.1, 0.15) is 42.4 Å². The van der Waals surface area contributed by atoms with E-state index in [-0.39, 0.29) is 54.2 Å². The van der Waals surface area contributed by atoms with Crippen molar-refractivity contribution >= 4 is 29.5 Å². The standard InChI is InChI=1S/C21H16FN4O2.C4H9.U/c22-17-7-3-4-8-18(17)24-20-10-16(23-13-27)9-19(25-20)21(28)26-11-14-5-1-2-6-15(14)12-26;1-4(2)3;/h1-10H,11-12H2,(H2,23,24,25,27);1-3H3;/q2*-1;+2. The number of amides is 2. The molecule has 0 atom stereocenters. The zero-order valence-electron chi connectivity index (χ0n) is 18.8. The number of pyridine rings is 1. The average molecular weight is 671 g/mol. The predicted octanol–water partition coefficient (Wildman–Crippen LogP) is 5.22. The van der Waals surface area contributed by atoms with Gasteiger partial charge in [0.05, 0.1) is 12.1 Å². The first kappa shape index (κ1) is 26.6. The summed E-state index contributed by atoms with van der Waals surface area (Å²) in [4.78, 5) is 29.7. The molecule has 2 amide bonds. The van der Waals surface area contributed by atoms with Gasteiger partial charge in [-0.1, -0.05) is 48.5 Å². The van der Waals surface area contributed by atoms with Gasteiger partial charge in [0.2, 0.25) is 0 Å². The number of benzene rings is 2. The number of hydrogen-bond acceptors (Lipinski definition) is 4. The molecule has 0 bridgehead atoms. The van der Waals surface area contributed by atoms with E-state index < -0.39 is 5.82 Å². The fourth-order valence-corrected chi connectivity index (χ4v) is 3.17. The van der Waals surface area contributed by atoms with E-state index in [0.29, 0.717) is 18.8 Å². The molecule has 0 fully saturated rings. The van der Waals surface area contributed by atoms with Gasteiger partial charge >= 0.3 is 31.1 Å². The van der Waals surface area contributed by atoms with Gasteiger partial charge in [0.15, 0.2) is 0 Å². The maximum atomic E-state index is 13.9. The maximum Gasteiger partial charge on any atom is 2.00 e. The number of carbonyl (C=O) groups excluding carboxylic acids is 2. The van der Waals surface area contributed by atoms with E-state index in [1.165, 1.54) is 24.1 Å². The van der Waals surface area contributed by atoms with Crippen molar-refractivity contribution in [3.8, 4) is 0 Å². The van der Waals surface area contributed by atoms with Crippen molar-refractivity contribution in [1.29, 1.82) is 0 Å². The van der Waals surface area contributed by atoms with Crippen LogP contribution in [-0.4, -0.2) is 22.2 Å². The Bertz CT molecular complexity index is 1080. The number of fused-ring (bicyclic) bond motifs is 1. The van der Waals surface area contributed by atoms with Crippen LogP contribution in [0.5, 0.6) is 0 Å². The molecule has 1 aliphatic rings. The molecule has 1 aliphatic heterocycles. The second kappa shape index (κ2) is 12.5. The molecule has 33 heavy (non-hydrogen) atoms. The van der Waals surface area contributed by atoms with Gasteiger partial charge in [0.1, 0.15) is 17.3 Å². The Hall–Kier alpha value is -2.69. The Labute approximate surface area is 217 Å². The number of nitrogens with zero attached hydrogens (tertiary/aromatic N) is 2. The van der Waals surface area contributed by atoms with Gasteiger partial charge in [0, 0.05) is 13.1 Å². The van der Waals surface area contributed by atoms with Gasteiger partial charge in [-0.15, -0.1) is 5.69 Å². The van der Waals surface area contributed by atoms with Crippen molar-refractivity contribution < 1.29 is 45.1 Å². The van der Waals surface area contributed by atoms with Gasteiger partial charge in [0.25, 0.3) is 5.91 Å². The van der Waals surface area contributed by atoms with Crippen molar-refractivity contribution in [2.75, 3.05) is 10.6 Å². The van der Waals surface area contributed by atoms with Crippen LogP contribution < -0.4 is 10.6 Å². The van der Waals surface area contributed by atoms with Crippen molar-refractivity contribution in [3.63, 3.8) is 0 Å². The zero-order chi connectivity index (χ0) is 23.1.